The number of carbonyl (C=O) groups is 2. The van der Waals surface area contributed by atoms with Crippen LogP contribution in [0.15, 0.2) is 71.3 Å². The summed E-state index contributed by atoms with van der Waals surface area (Å²) in [5.74, 6) is 0.335. The highest BCUT2D eigenvalue weighted by atomic mass is 16.5. The predicted molar refractivity (Wildman–Crippen MR) is 124 cm³/mol. The highest BCUT2D eigenvalue weighted by Crippen LogP contribution is 2.45. The molecule has 0 amide bonds. The predicted octanol–water partition coefficient (Wildman–Crippen LogP) is 4.07. The molecule has 2 heterocycles. The molecule has 4 rings (SSSR count). The third-order valence-corrected chi connectivity index (χ3v) is 6.26. The Morgan fingerprint density at radius 2 is 1.79 bits per heavy atom. The van der Waals surface area contributed by atoms with E-state index in [1.165, 1.54) is 0 Å². The van der Waals surface area contributed by atoms with Crippen LogP contribution in [-0.4, -0.2) is 25.5 Å². The lowest BCUT2D eigenvalue weighted by atomic mass is 9.72. The van der Waals surface area contributed by atoms with Crippen LogP contribution in [-0.2, 0) is 14.3 Å². The van der Waals surface area contributed by atoms with Gasteiger partial charge >= 0.3 is 5.97 Å². The molecule has 33 heavy (non-hydrogen) atoms. The molecule has 2 atom stereocenters. The van der Waals surface area contributed by atoms with Gasteiger partial charge in [-0.1, -0.05) is 26.0 Å². The van der Waals surface area contributed by atoms with Crippen molar-refractivity contribution in [2.45, 2.75) is 45.4 Å². The summed E-state index contributed by atoms with van der Waals surface area (Å²) in [4.78, 5) is 29.7. The van der Waals surface area contributed by atoms with E-state index in [4.69, 9.17) is 9.47 Å². The van der Waals surface area contributed by atoms with Gasteiger partial charge in [-0.25, -0.2) is 9.78 Å². The van der Waals surface area contributed by atoms with Crippen LogP contribution in [0.4, 0.5) is 0 Å². The number of dihydropyridines is 1. The van der Waals surface area contributed by atoms with E-state index in [0.717, 1.165) is 28.3 Å². The Bertz CT molecular complexity index is 1100. The average molecular weight is 448 g/mol. The summed E-state index contributed by atoms with van der Waals surface area (Å²) in [5.41, 5.74) is 4.82. The number of allylic oxidation sites excluding steroid dienone is 3. The third kappa shape index (κ3) is 4.70. The van der Waals surface area contributed by atoms with E-state index in [2.05, 4.69) is 10.3 Å². The van der Waals surface area contributed by atoms with Crippen LogP contribution in [0.25, 0.3) is 0 Å². The fourth-order valence-corrected chi connectivity index (χ4v) is 4.67. The van der Waals surface area contributed by atoms with Crippen LogP contribution in [0.2, 0.25) is 0 Å². The van der Waals surface area contributed by atoms with Gasteiger partial charge in [0.25, 0.3) is 0 Å². The fraction of sp³-hybridized carbons (Fsp3) is 0.370. The lowest BCUT2D eigenvalue weighted by molar-refractivity contribution is -0.378. The highest BCUT2D eigenvalue weighted by molar-refractivity contribution is 6.04. The second-order valence-corrected chi connectivity index (χ2v) is 9.12. The molecule has 1 aromatic carbocycles. The Kier molecular flexibility index (Phi) is 6.63. The second kappa shape index (κ2) is 9.61. The molecule has 0 bridgehead atoms. The number of benzene rings is 1. The lowest BCUT2D eigenvalue weighted by Gasteiger charge is -2.36. The SMILES string of the molecule is COc1ccc(C2CC(=O)C3=C(C2)NC(C)=C(C(=O)OCC(C)C)C3c2cc[nH+]cc2)cc1. The van der Waals surface area contributed by atoms with Crippen molar-refractivity contribution in [2.75, 3.05) is 13.7 Å². The maximum absolute atomic E-state index is 13.6. The van der Waals surface area contributed by atoms with Crippen molar-refractivity contribution in [3.8, 4) is 5.75 Å². The molecule has 6 heteroatoms. The molecule has 172 valence electrons. The molecule has 0 saturated heterocycles. The lowest BCUT2D eigenvalue weighted by Crippen LogP contribution is -2.36. The maximum Gasteiger partial charge on any atom is 0.336 e. The molecule has 2 aliphatic rings. The average Bonchev–Trinajstić information content (AvgIpc) is 2.82. The normalized spacial score (nSPS) is 20.5. The minimum atomic E-state index is -0.445. The number of pyridine rings is 1. The minimum Gasteiger partial charge on any atom is -0.497 e. The first-order valence-corrected chi connectivity index (χ1v) is 11.4. The first-order valence-electron chi connectivity index (χ1n) is 11.4. The summed E-state index contributed by atoms with van der Waals surface area (Å²) in [6.07, 6.45) is 4.74. The first-order chi connectivity index (χ1) is 15.9. The molecule has 0 saturated carbocycles. The zero-order valence-electron chi connectivity index (χ0n) is 19.6. The van der Waals surface area contributed by atoms with E-state index >= 15 is 0 Å². The molecule has 2 aromatic rings. The number of H-pyrrole nitrogens is 1. The number of aromatic amines is 1. The van der Waals surface area contributed by atoms with E-state index in [-0.39, 0.29) is 23.6 Å². The van der Waals surface area contributed by atoms with Crippen molar-refractivity contribution in [1.29, 1.82) is 0 Å². The Morgan fingerprint density at radius 3 is 2.42 bits per heavy atom. The number of aromatic nitrogens is 1. The van der Waals surface area contributed by atoms with Crippen LogP contribution >= 0.6 is 0 Å². The van der Waals surface area contributed by atoms with Crippen molar-refractivity contribution in [3.05, 3.63) is 82.5 Å². The zero-order valence-corrected chi connectivity index (χ0v) is 19.6. The Balaban J connectivity index is 1.72. The fourth-order valence-electron chi connectivity index (χ4n) is 4.67. The van der Waals surface area contributed by atoms with Crippen molar-refractivity contribution in [2.24, 2.45) is 5.92 Å². The van der Waals surface area contributed by atoms with Crippen LogP contribution < -0.4 is 15.0 Å². The monoisotopic (exact) mass is 447 g/mol. The van der Waals surface area contributed by atoms with Gasteiger partial charge in [0.1, 0.15) is 5.75 Å². The van der Waals surface area contributed by atoms with E-state index in [1.54, 1.807) is 7.11 Å². The molecule has 6 nitrogen and oxygen atoms in total. The van der Waals surface area contributed by atoms with Gasteiger partial charge in [-0.3, -0.25) is 4.79 Å². The van der Waals surface area contributed by atoms with E-state index in [9.17, 15) is 9.59 Å². The Hall–Kier alpha value is -3.41. The zero-order chi connectivity index (χ0) is 23.5. The molecule has 1 aromatic heterocycles. The molecule has 1 aliphatic carbocycles. The topological polar surface area (TPSA) is 78.8 Å². The number of methoxy groups -OCH3 is 1. The van der Waals surface area contributed by atoms with Gasteiger partial charge in [0.15, 0.2) is 18.2 Å². The van der Waals surface area contributed by atoms with Crippen molar-refractivity contribution in [1.82, 2.24) is 5.32 Å². The van der Waals surface area contributed by atoms with E-state index < -0.39 is 5.92 Å². The summed E-state index contributed by atoms with van der Waals surface area (Å²) in [7, 11) is 1.64. The molecule has 0 radical (unpaired) electrons. The molecular formula is C27H31N2O4+. The number of rotatable bonds is 6. The number of ketones is 1. The quantitative estimate of drug-likeness (QED) is 0.676. The van der Waals surface area contributed by atoms with Crippen molar-refractivity contribution < 1.29 is 24.0 Å². The maximum atomic E-state index is 13.6. The van der Waals surface area contributed by atoms with Crippen LogP contribution in [0, 0.1) is 5.92 Å². The molecular weight excluding hydrogens is 416 g/mol. The largest absolute Gasteiger partial charge is 0.497 e. The van der Waals surface area contributed by atoms with Gasteiger partial charge in [0, 0.05) is 41.4 Å². The van der Waals surface area contributed by atoms with Crippen LogP contribution in [0.3, 0.4) is 0 Å². The standard InChI is InChI=1S/C27H30N2O4/c1-16(2)15-33-27(31)24-17(3)29-22-13-20(18-5-7-21(32-4)8-6-18)14-23(30)26(22)25(24)19-9-11-28-12-10-19/h5-12,16,20,25,29H,13-15H2,1-4H3/p+1. The number of Topliss-reactive ketones (excluding diaryl/α,β-unsaturated/α-hetero) is 1. The van der Waals surface area contributed by atoms with Crippen LogP contribution in [0.5, 0.6) is 5.75 Å². The number of hydrogen-bond donors (Lipinski definition) is 1. The first kappa shape index (κ1) is 22.8. The number of esters is 1. The van der Waals surface area contributed by atoms with Gasteiger partial charge < -0.3 is 14.8 Å². The van der Waals surface area contributed by atoms with Crippen LogP contribution in [0.1, 0.15) is 56.6 Å². The molecule has 2 unspecified atom stereocenters. The summed E-state index contributed by atoms with van der Waals surface area (Å²) in [5, 5.41) is 3.39. The third-order valence-electron chi connectivity index (χ3n) is 6.26. The van der Waals surface area contributed by atoms with Gasteiger partial charge in [0.2, 0.25) is 0 Å². The Morgan fingerprint density at radius 1 is 1.09 bits per heavy atom. The van der Waals surface area contributed by atoms with Gasteiger partial charge in [-0.15, -0.1) is 0 Å². The minimum absolute atomic E-state index is 0.0593. The molecule has 2 N–H and O–H groups in total. The molecule has 0 fully saturated rings. The van der Waals surface area contributed by atoms with Crippen molar-refractivity contribution >= 4 is 11.8 Å². The number of ether oxygens (including phenoxy) is 2. The van der Waals surface area contributed by atoms with E-state index in [0.29, 0.717) is 30.6 Å². The number of hydrogen-bond acceptors (Lipinski definition) is 5. The molecule has 0 spiro atoms. The Labute approximate surface area is 194 Å². The van der Waals surface area contributed by atoms with Gasteiger partial charge in [-0.05, 0) is 48.4 Å². The highest BCUT2D eigenvalue weighted by Gasteiger charge is 2.41. The van der Waals surface area contributed by atoms with Gasteiger partial charge in [-0.2, -0.15) is 0 Å². The smallest absolute Gasteiger partial charge is 0.336 e. The second-order valence-electron chi connectivity index (χ2n) is 9.12. The summed E-state index contributed by atoms with van der Waals surface area (Å²) >= 11 is 0. The van der Waals surface area contributed by atoms with E-state index in [1.807, 2.05) is 69.6 Å². The molecule has 1 aliphatic heterocycles. The van der Waals surface area contributed by atoms with Gasteiger partial charge in [0.05, 0.1) is 19.3 Å². The summed E-state index contributed by atoms with van der Waals surface area (Å²) in [6.45, 7) is 6.23. The van der Waals surface area contributed by atoms with Crippen molar-refractivity contribution in [3.63, 3.8) is 0 Å². The summed E-state index contributed by atoms with van der Waals surface area (Å²) < 4.78 is 10.9. The summed E-state index contributed by atoms with van der Waals surface area (Å²) in [6, 6.07) is 11.7. The number of carbonyl (C=O) groups excluding carboxylic acids is 2. The number of nitrogens with one attached hydrogen (secondary N) is 2.